The van der Waals surface area contributed by atoms with Crippen molar-refractivity contribution in [1.29, 1.82) is 0 Å². The predicted octanol–water partition coefficient (Wildman–Crippen LogP) is 0.538. The molecule has 3 rings (SSSR count). The first kappa shape index (κ1) is 15.2. The van der Waals surface area contributed by atoms with Crippen LogP contribution in [0.15, 0.2) is 6.07 Å². The fourth-order valence-electron chi connectivity index (χ4n) is 3.35. The highest BCUT2D eigenvalue weighted by Crippen LogP contribution is 2.29. The van der Waals surface area contributed by atoms with E-state index in [0.717, 1.165) is 30.5 Å². The highest BCUT2D eigenvalue weighted by atomic mass is 16.5. The van der Waals surface area contributed by atoms with Crippen LogP contribution in [-0.2, 0) is 12.8 Å². The van der Waals surface area contributed by atoms with Crippen molar-refractivity contribution < 1.29 is 19.7 Å². The van der Waals surface area contributed by atoms with Crippen LogP contribution in [0, 0.1) is 0 Å². The van der Waals surface area contributed by atoms with E-state index >= 15 is 0 Å². The summed E-state index contributed by atoms with van der Waals surface area (Å²) in [5.41, 5.74) is 1.37. The number of ether oxygens (including phenoxy) is 1. The molecule has 1 atom stereocenters. The second-order valence-corrected chi connectivity index (χ2v) is 6.22. The van der Waals surface area contributed by atoms with Crippen molar-refractivity contribution in [2.45, 2.75) is 37.7 Å². The number of carbonyl (C=O) groups is 1. The number of likely N-dealkylation sites (tertiary alicyclic amines) is 1. The average molecular weight is 306 g/mol. The number of fused-ring (bicyclic) bond motifs is 1. The van der Waals surface area contributed by atoms with Crippen molar-refractivity contribution in [3.05, 3.63) is 22.9 Å². The molecule has 1 fully saturated rings. The van der Waals surface area contributed by atoms with Gasteiger partial charge in [0.2, 0.25) is 5.88 Å². The standard InChI is InChI=1S/C16H22N2O4/c1-22-14-12(8-11-4-2-5-13(11)17-14)15(20)18-7-3-6-16(21,9-18)10-19/h8,19,21H,2-7,9-10H2,1H3. The number of nitrogens with zero attached hydrogens (tertiary/aromatic N) is 2. The van der Waals surface area contributed by atoms with Gasteiger partial charge in [0, 0.05) is 12.2 Å². The predicted molar refractivity (Wildman–Crippen MR) is 80.0 cm³/mol. The van der Waals surface area contributed by atoms with Gasteiger partial charge in [-0.1, -0.05) is 0 Å². The molecule has 2 aliphatic rings. The third kappa shape index (κ3) is 2.68. The number of amides is 1. The molecule has 0 saturated carbocycles. The molecular weight excluding hydrogens is 284 g/mol. The Labute approximate surface area is 129 Å². The topological polar surface area (TPSA) is 82.9 Å². The van der Waals surface area contributed by atoms with Crippen LogP contribution in [0.1, 0.15) is 40.9 Å². The van der Waals surface area contributed by atoms with Gasteiger partial charge in [-0.05, 0) is 43.7 Å². The number of pyridine rings is 1. The molecule has 1 unspecified atom stereocenters. The molecule has 2 N–H and O–H groups in total. The van der Waals surface area contributed by atoms with Gasteiger partial charge in [0.1, 0.15) is 11.2 Å². The van der Waals surface area contributed by atoms with Gasteiger partial charge in [-0.2, -0.15) is 0 Å². The lowest BCUT2D eigenvalue weighted by Crippen LogP contribution is -2.52. The molecule has 1 aliphatic carbocycles. The summed E-state index contributed by atoms with van der Waals surface area (Å²) in [6.45, 7) is 0.375. The maximum atomic E-state index is 12.8. The third-order valence-electron chi connectivity index (χ3n) is 4.58. The lowest BCUT2D eigenvalue weighted by molar-refractivity contribution is -0.0598. The van der Waals surface area contributed by atoms with Gasteiger partial charge in [0.05, 0.1) is 20.3 Å². The number of hydrogen-bond donors (Lipinski definition) is 2. The first-order valence-electron chi connectivity index (χ1n) is 7.75. The van der Waals surface area contributed by atoms with Gasteiger partial charge in [-0.3, -0.25) is 4.79 Å². The lowest BCUT2D eigenvalue weighted by Gasteiger charge is -2.38. The molecular formula is C16H22N2O4. The van der Waals surface area contributed by atoms with Gasteiger partial charge >= 0.3 is 0 Å². The maximum Gasteiger partial charge on any atom is 0.259 e. The van der Waals surface area contributed by atoms with E-state index in [1.54, 1.807) is 4.90 Å². The largest absolute Gasteiger partial charge is 0.480 e. The minimum atomic E-state index is -1.20. The molecule has 1 saturated heterocycles. The first-order valence-corrected chi connectivity index (χ1v) is 7.75. The fourth-order valence-corrected chi connectivity index (χ4v) is 3.35. The van der Waals surface area contributed by atoms with E-state index in [1.807, 2.05) is 6.07 Å². The summed E-state index contributed by atoms with van der Waals surface area (Å²) >= 11 is 0. The summed E-state index contributed by atoms with van der Waals surface area (Å²) in [6.07, 6.45) is 4.09. The maximum absolute atomic E-state index is 12.8. The Balaban J connectivity index is 1.88. The molecule has 22 heavy (non-hydrogen) atoms. The molecule has 1 aliphatic heterocycles. The zero-order chi connectivity index (χ0) is 15.7. The van der Waals surface area contributed by atoms with Gasteiger partial charge in [0.15, 0.2) is 0 Å². The molecule has 6 heteroatoms. The Bertz CT molecular complexity index is 590. The normalized spacial score (nSPS) is 24.2. The van der Waals surface area contributed by atoms with Crippen molar-refractivity contribution in [3.8, 4) is 5.88 Å². The summed E-state index contributed by atoms with van der Waals surface area (Å²) in [5.74, 6) is 0.161. The fraction of sp³-hybridized carbons (Fsp3) is 0.625. The molecule has 6 nitrogen and oxygen atoms in total. The minimum Gasteiger partial charge on any atom is -0.480 e. The molecule has 1 amide bonds. The first-order chi connectivity index (χ1) is 10.6. The molecule has 2 heterocycles. The van der Waals surface area contributed by atoms with Crippen LogP contribution < -0.4 is 4.74 Å². The SMILES string of the molecule is COc1nc2c(cc1C(=O)N1CCCC(O)(CO)C1)CCC2. The summed E-state index contributed by atoms with van der Waals surface area (Å²) in [5, 5.41) is 19.6. The smallest absolute Gasteiger partial charge is 0.259 e. The molecule has 0 bridgehead atoms. The van der Waals surface area contributed by atoms with Crippen LogP contribution in [-0.4, -0.2) is 58.4 Å². The zero-order valence-corrected chi connectivity index (χ0v) is 12.8. The zero-order valence-electron chi connectivity index (χ0n) is 12.8. The Morgan fingerprint density at radius 2 is 2.27 bits per heavy atom. The molecule has 1 aromatic rings. The Morgan fingerprint density at radius 1 is 1.45 bits per heavy atom. The van der Waals surface area contributed by atoms with E-state index < -0.39 is 5.60 Å². The highest BCUT2D eigenvalue weighted by Gasteiger charge is 2.36. The van der Waals surface area contributed by atoms with Crippen LogP contribution in [0.25, 0.3) is 0 Å². The second-order valence-electron chi connectivity index (χ2n) is 6.22. The highest BCUT2D eigenvalue weighted by molar-refractivity contribution is 5.96. The molecule has 1 aromatic heterocycles. The number of aliphatic hydroxyl groups is 2. The number of rotatable bonds is 3. The lowest BCUT2D eigenvalue weighted by atomic mass is 9.93. The van der Waals surface area contributed by atoms with Crippen LogP contribution in [0.3, 0.4) is 0 Å². The Morgan fingerprint density at radius 3 is 3.00 bits per heavy atom. The molecule has 0 radical (unpaired) electrons. The number of β-amino-alcohol motifs (C(OH)–C–C–N with tert-alkyl or cyclic N) is 1. The van der Waals surface area contributed by atoms with Crippen LogP contribution in [0.4, 0.5) is 0 Å². The second kappa shape index (κ2) is 5.85. The number of carbonyl (C=O) groups excluding carboxylic acids is 1. The van der Waals surface area contributed by atoms with E-state index in [-0.39, 0.29) is 19.1 Å². The van der Waals surface area contributed by atoms with Gasteiger partial charge < -0.3 is 19.8 Å². The number of piperidine rings is 1. The van der Waals surface area contributed by atoms with Gasteiger partial charge in [-0.25, -0.2) is 4.98 Å². The van der Waals surface area contributed by atoms with Gasteiger partial charge in [0.25, 0.3) is 5.91 Å². The van der Waals surface area contributed by atoms with Crippen molar-refractivity contribution in [1.82, 2.24) is 9.88 Å². The van der Waals surface area contributed by atoms with E-state index in [4.69, 9.17) is 4.74 Å². The van der Waals surface area contributed by atoms with Crippen molar-refractivity contribution in [2.24, 2.45) is 0 Å². The van der Waals surface area contributed by atoms with Crippen molar-refractivity contribution in [2.75, 3.05) is 26.8 Å². The Hall–Kier alpha value is -1.66. The minimum absolute atomic E-state index is 0.141. The molecule has 0 aromatic carbocycles. The summed E-state index contributed by atoms with van der Waals surface area (Å²) in [7, 11) is 1.51. The summed E-state index contributed by atoms with van der Waals surface area (Å²) in [6, 6.07) is 1.88. The van der Waals surface area contributed by atoms with Crippen LogP contribution in [0.2, 0.25) is 0 Å². The van der Waals surface area contributed by atoms with Crippen LogP contribution in [0.5, 0.6) is 5.88 Å². The number of hydrogen-bond acceptors (Lipinski definition) is 5. The van der Waals surface area contributed by atoms with E-state index in [0.29, 0.717) is 30.8 Å². The van der Waals surface area contributed by atoms with E-state index in [1.165, 1.54) is 7.11 Å². The third-order valence-corrected chi connectivity index (χ3v) is 4.58. The van der Waals surface area contributed by atoms with Crippen molar-refractivity contribution >= 4 is 5.91 Å². The summed E-state index contributed by atoms with van der Waals surface area (Å²) < 4.78 is 5.29. The Kier molecular flexibility index (Phi) is 4.06. The summed E-state index contributed by atoms with van der Waals surface area (Å²) in [4.78, 5) is 18.8. The molecule has 120 valence electrons. The monoisotopic (exact) mass is 306 g/mol. The molecule has 0 spiro atoms. The number of aryl methyl sites for hydroxylation is 2. The van der Waals surface area contributed by atoms with Crippen molar-refractivity contribution in [3.63, 3.8) is 0 Å². The van der Waals surface area contributed by atoms with Crippen LogP contribution >= 0.6 is 0 Å². The quantitative estimate of drug-likeness (QED) is 0.851. The average Bonchev–Trinajstić information content (AvgIpc) is 3.00. The number of aliphatic hydroxyl groups excluding tert-OH is 1. The van der Waals surface area contributed by atoms with E-state index in [2.05, 4.69) is 4.98 Å². The van der Waals surface area contributed by atoms with Gasteiger partial charge in [-0.15, -0.1) is 0 Å². The number of methoxy groups -OCH3 is 1. The van der Waals surface area contributed by atoms with E-state index in [9.17, 15) is 15.0 Å². The number of aromatic nitrogens is 1.